The number of carbonyl (C=O) groups excluding carboxylic acids is 1. The van der Waals surface area contributed by atoms with E-state index in [-0.39, 0.29) is 11.5 Å². The van der Waals surface area contributed by atoms with Crippen molar-refractivity contribution in [2.24, 2.45) is 0 Å². The van der Waals surface area contributed by atoms with Gasteiger partial charge in [-0.05, 0) is 69.3 Å². The predicted octanol–water partition coefficient (Wildman–Crippen LogP) is 3.82. The maximum Gasteiger partial charge on any atom is 0.222 e. The molecule has 0 unspecified atom stereocenters. The van der Waals surface area contributed by atoms with E-state index in [2.05, 4.69) is 25.5 Å². The lowest BCUT2D eigenvalue weighted by Crippen LogP contribution is -2.05. The zero-order chi connectivity index (χ0) is 19.8. The Morgan fingerprint density at radius 3 is 2.69 bits per heavy atom. The van der Waals surface area contributed by atoms with Crippen LogP contribution >= 0.6 is 34.4 Å². The number of hydrogen-bond donors (Lipinski definition) is 1. The van der Waals surface area contributed by atoms with E-state index in [0.29, 0.717) is 32.1 Å². The van der Waals surface area contributed by atoms with Gasteiger partial charge >= 0.3 is 0 Å². The number of tetrazole rings is 1. The van der Waals surface area contributed by atoms with Crippen molar-refractivity contribution in [3.63, 3.8) is 0 Å². The van der Waals surface area contributed by atoms with Crippen LogP contribution in [-0.2, 0) is 0 Å². The molecule has 0 aliphatic rings. The molecule has 0 bridgehead atoms. The second-order valence-electron chi connectivity index (χ2n) is 5.79. The maximum absolute atomic E-state index is 12.9. The summed E-state index contributed by atoms with van der Waals surface area (Å²) in [5, 5.41) is 25.8. The Hall–Kier alpha value is -3.15. The molecule has 29 heavy (non-hydrogen) atoms. The van der Waals surface area contributed by atoms with E-state index in [1.807, 2.05) is 22.9 Å². The molecule has 0 amide bonds. The van der Waals surface area contributed by atoms with Crippen molar-refractivity contribution in [2.45, 2.75) is 10.3 Å². The van der Waals surface area contributed by atoms with Crippen LogP contribution in [-0.4, -0.2) is 41.1 Å². The highest BCUT2D eigenvalue weighted by atomic mass is 32.2. The third kappa shape index (κ3) is 3.39. The van der Waals surface area contributed by atoms with Crippen molar-refractivity contribution in [1.82, 2.24) is 30.2 Å². The Morgan fingerprint density at radius 1 is 1.03 bits per heavy atom. The van der Waals surface area contributed by atoms with E-state index < -0.39 is 0 Å². The molecule has 8 nitrogen and oxygen atoms in total. The SMILES string of the molecule is O=C(c1cccs1)c1nc(Sc2nnnn2-c2ccc(O)cc2)nc2ccsc12. The van der Waals surface area contributed by atoms with Gasteiger partial charge in [0.2, 0.25) is 10.9 Å². The van der Waals surface area contributed by atoms with Gasteiger partial charge in [0.1, 0.15) is 11.4 Å². The second-order valence-corrected chi connectivity index (χ2v) is 8.59. The summed E-state index contributed by atoms with van der Waals surface area (Å²) < 4.78 is 2.28. The summed E-state index contributed by atoms with van der Waals surface area (Å²) in [6.07, 6.45) is 0. The molecule has 5 aromatic rings. The van der Waals surface area contributed by atoms with Gasteiger partial charge in [-0.1, -0.05) is 6.07 Å². The Labute approximate surface area is 175 Å². The zero-order valence-corrected chi connectivity index (χ0v) is 16.9. The minimum Gasteiger partial charge on any atom is -0.508 e. The first-order valence-electron chi connectivity index (χ1n) is 8.28. The number of hydrogen-bond acceptors (Lipinski definition) is 10. The number of carbonyl (C=O) groups is 1. The van der Waals surface area contributed by atoms with Crippen LogP contribution < -0.4 is 0 Å². The van der Waals surface area contributed by atoms with Gasteiger partial charge in [0.25, 0.3) is 0 Å². The van der Waals surface area contributed by atoms with Crippen molar-refractivity contribution in [2.75, 3.05) is 0 Å². The predicted molar refractivity (Wildman–Crippen MR) is 110 cm³/mol. The molecule has 11 heteroatoms. The van der Waals surface area contributed by atoms with Crippen molar-refractivity contribution in [1.29, 1.82) is 0 Å². The lowest BCUT2D eigenvalue weighted by Gasteiger charge is -2.05. The van der Waals surface area contributed by atoms with Crippen molar-refractivity contribution in [3.8, 4) is 11.4 Å². The van der Waals surface area contributed by atoms with E-state index in [0.717, 1.165) is 16.5 Å². The number of rotatable bonds is 5. The quantitative estimate of drug-likeness (QED) is 0.326. The number of benzene rings is 1. The van der Waals surface area contributed by atoms with Crippen molar-refractivity contribution >= 4 is 50.4 Å². The number of nitrogens with zero attached hydrogens (tertiary/aromatic N) is 6. The van der Waals surface area contributed by atoms with E-state index in [9.17, 15) is 9.90 Å². The largest absolute Gasteiger partial charge is 0.508 e. The van der Waals surface area contributed by atoms with Crippen LogP contribution in [0.15, 0.2) is 63.5 Å². The van der Waals surface area contributed by atoms with E-state index >= 15 is 0 Å². The highest BCUT2D eigenvalue weighted by Crippen LogP contribution is 2.31. The highest BCUT2D eigenvalue weighted by molar-refractivity contribution is 7.99. The summed E-state index contributed by atoms with van der Waals surface area (Å²) >= 11 is 3.98. The lowest BCUT2D eigenvalue weighted by atomic mass is 10.2. The molecule has 0 fully saturated rings. The highest BCUT2D eigenvalue weighted by Gasteiger charge is 2.20. The molecule has 142 valence electrons. The first-order valence-corrected chi connectivity index (χ1v) is 10.9. The van der Waals surface area contributed by atoms with Gasteiger partial charge in [-0.3, -0.25) is 4.79 Å². The molecule has 0 aliphatic heterocycles. The number of thiophene rings is 2. The van der Waals surface area contributed by atoms with Gasteiger partial charge < -0.3 is 5.11 Å². The van der Waals surface area contributed by atoms with Gasteiger partial charge in [0.05, 0.1) is 20.8 Å². The summed E-state index contributed by atoms with van der Waals surface area (Å²) in [5.74, 6) is 0.0221. The van der Waals surface area contributed by atoms with Gasteiger partial charge in [-0.2, -0.15) is 4.68 Å². The van der Waals surface area contributed by atoms with E-state index in [1.165, 1.54) is 27.4 Å². The summed E-state index contributed by atoms with van der Waals surface area (Å²) in [4.78, 5) is 22.6. The molecule has 0 radical (unpaired) electrons. The van der Waals surface area contributed by atoms with Crippen LogP contribution in [0, 0.1) is 0 Å². The molecule has 4 aromatic heterocycles. The molecule has 0 spiro atoms. The Kier molecular flexibility index (Phi) is 4.54. The number of aromatic hydroxyl groups is 1. The number of ketones is 1. The fourth-order valence-electron chi connectivity index (χ4n) is 2.65. The third-order valence-electron chi connectivity index (χ3n) is 3.96. The zero-order valence-electron chi connectivity index (χ0n) is 14.5. The molecule has 0 saturated heterocycles. The van der Waals surface area contributed by atoms with E-state index in [4.69, 9.17) is 0 Å². The minimum absolute atomic E-state index is 0.130. The van der Waals surface area contributed by atoms with Gasteiger partial charge in [-0.15, -0.1) is 27.8 Å². The molecule has 5 rings (SSSR count). The molecule has 4 heterocycles. The molecular formula is C18H10N6O2S3. The monoisotopic (exact) mass is 438 g/mol. The first kappa shape index (κ1) is 17.9. The average molecular weight is 439 g/mol. The van der Waals surface area contributed by atoms with Crippen LogP contribution in [0.3, 0.4) is 0 Å². The minimum atomic E-state index is -0.130. The normalized spacial score (nSPS) is 11.2. The fourth-order valence-corrected chi connectivity index (χ4v) is 4.88. The fraction of sp³-hybridized carbons (Fsp3) is 0. The first-order chi connectivity index (χ1) is 14.2. The molecule has 0 aliphatic carbocycles. The average Bonchev–Trinajstić information content (AvgIpc) is 3.49. The third-order valence-corrected chi connectivity index (χ3v) is 6.54. The standard InChI is InChI=1S/C18H10N6O2S3/c25-11-5-3-10(4-6-11)24-18(21-22-23-24)29-17-19-12-7-9-28-16(12)14(20-17)15(26)13-2-1-8-27-13/h1-9,25H. The van der Waals surface area contributed by atoms with Crippen LogP contribution in [0.25, 0.3) is 15.9 Å². The summed E-state index contributed by atoms with van der Waals surface area (Å²) in [6.45, 7) is 0. The molecule has 1 aromatic carbocycles. The molecule has 0 saturated carbocycles. The Balaban J connectivity index is 1.55. The smallest absolute Gasteiger partial charge is 0.222 e. The van der Waals surface area contributed by atoms with Crippen molar-refractivity contribution in [3.05, 3.63) is 63.8 Å². The molecule has 1 N–H and O–H groups in total. The maximum atomic E-state index is 12.9. The van der Waals surface area contributed by atoms with Gasteiger partial charge in [-0.25, -0.2) is 9.97 Å². The summed E-state index contributed by atoms with van der Waals surface area (Å²) in [6, 6.07) is 12.0. The second kappa shape index (κ2) is 7.35. The van der Waals surface area contributed by atoms with Crippen molar-refractivity contribution < 1.29 is 9.90 Å². The van der Waals surface area contributed by atoms with E-state index in [1.54, 1.807) is 30.3 Å². The number of phenolic OH excluding ortho intramolecular Hbond substituents is 1. The summed E-state index contributed by atoms with van der Waals surface area (Å²) in [7, 11) is 0. The van der Waals surface area contributed by atoms with Gasteiger partial charge in [0, 0.05) is 0 Å². The number of aromatic nitrogens is 6. The summed E-state index contributed by atoms with van der Waals surface area (Å²) in [5.41, 5.74) is 1.76. The lowest BCUT2D eigenvalue weighted by molar-refractivity contribution is 0.103. The number of phenols is 1. The van der Waals surface area contributed by atoms with Crippen LogP contribution in [0.4, 0.5) is 0 Å². The van der Waals surface area contributed by atoms with Gasteiger partial charge in [0.15, 0.2) is 5.16 Å². The number of fused-ring (bicyclic) bond motifs is 1. The molecular weight excluding hydrogens is 428 g/mol. The van der Waals surface area contributed by atoms with Crippen LogP contribution in [0.5, 0.6) is 5.75 Å². The Bertz CT molecular complexity index is 1310. The topological polar surface area (TPSA) is 107 Å². The molecule has 0 atom stereocenters. The van der Waals surface area contributed by atoms with Crippen LogP contribution in [0.1, 0.15) is 15.4 Å². The Morgan fingerprint density at radius 2 is 1.90 bits per heavy atom. The van der Waals surface area contributed by atoms with Crippen LogP contribution in [0.2, 0.25) is 0 Å².